The summed E-state index contributed by atoms with van der Waals surface area (Å²) in [6.45, 7) is 0.272. The molecule has 0 saturated carbocycles. The fourth-order valence-electron chi connectivity index (χ4n) is 2.56. The number of amidine groups is 1. The SMILES string of the molecule is COc1ccc(Cl)cc1/C(N)=N/OC(=O)c1cccc(COc2ccc(Cl)cc2)c1. The summed E-state index contributed by atoms with van der Waals surface area (Å²) in [5, 5.41) is 4.79. The zero-order valence-electron chi connectivity index (χ0n) is 16.0. The van der Waals surface area contributed by atoms with E-state index in [0.717, 1.165) is 5.56 Å². The summed E-state index contributed by atoms with van der Waals surface area (Å²) in [5.74, 6) is 0.426. The molecule has 0 bridgehead atoms. The number of hydrogen-bond acceptors (Lipinski definition) is 5. The maximum Gasteiger partial charge on any atom is 0.365 e. The van der Waals surface area contributed by atoms with E-state index in [9.17, 15) is 4.79 Å². The molecule has 0 aliphatic rings. The van der Waals surface area contributed by atoms with E-state index in [4.69, 9.17) is 43.2 Å². The standard InChI is InChI=1S/C22H18Cl2N2O4/c1-28-20-10-7-17(24)12-19(20)21(25)26-30-22(27)15-4-2-3-14(11-15)13-29-18-8-5-16(23)6-9-18/h2-12H,13H2,1H3,(H2,25,26). The number of benzene rings is 3. The lowest BCUT2D eigenvalue weighted by molar-refractivity contribution is 0.0515. The van der Waals surface area contributed by atoms with Crippen molar-refractivity contribution in [3.05, 3.63) is 93.5 Å². The Bertz CT molecular complexity index is 1070. The van der Waals surface area contributed by atoms with Crippen LogP contribution >= 0.6 is 23.2 Å². The van der Waals surface area contributed by atoms with Gasteiger partial charge in [-0.05, 0) is 60.2 Å². The normalized spacial score (nSPS) is 11.1. The first-order valence-corrected chi connectivity index (χ1v) is 9.58. The topological polar surface area (TPSA) is 83.1 Å². The van der Waals surface area contributed by atoms with Crippen LogP contribution in [0.1, 0.15) is 21.5 Å². The fourth-order valence-corrected chi connectivity index (χ4v) is 2.86. The van der Waals surface area contributed by atoms with E-state index in [-0.39, 0.29) is 12.4 Å². The maximum absolute atomic E-state index is 12.4. The molecular formula is C22H18Cl2N2O4. The van der Waals surface area contributed by atoms with Crippen molar-refractivity contribution in [2.45, 2.75) is 6.61 Å². The number of nitrogens with two attached hydrogens (primary N) is 1. The number of carbonyl (C=O) groups is 1. The molecule has 3 rings (SSSR count). The van der Waals surface area contributed by atoms with Crippen molar-refractivity contribution >= 4 is 35.0 Å². The van der Waals surface area contributed by atoms with Crippen LogP contribution in [0.5, 0.6) is 11.5 Å². The second-order valence-corrected chi connectivity index (χ2v) is 7.02. The van der Waals surface area contributed by atoms with E-state index in [0.29, 0.717) is 32.7 Å². The summed E-state index contributed by atoms with van der Waals surface area (Å²) in [4.78, 5) is 17.4. The Morgan fingerprint density at radius 3 is 2.47 bits per heavy atom. The van der Waals surface area contributed by atoms with Gasteiger partial charge in [-0.3, -0.25) is 0 Å². The Labute approximate surface area is 183 Å². The summed E-state index contributed by atoms with van der Waals surface area (Å²) in [6.07, 6.45) is 0. The number of carbonyl (C=O) groups excluding carboxylic acids is 1. The Morgan fingerprint density at radius 1 is 1.00 bits per heavy atom. The van der Waals surface area contributed by atoms with Crippen molar-refractivity contribution in [2.75, 3.05) is 7.11 Å². The van der Waals surface area contributed by atoms with Gasteiger partial charge in [-0.1, -0.05) is 40.5 Å². The number of nitrogens with zero attached hydrogens (tertiary/aromatic N) is 1. The van der Waals surface area contributed by atoms with E-state index in [2.05, 4.69) is 5.16 Å². The van der Waals surface area contributed by atoms with Crippen LogP contribution < -0.4 is 15.2 Å². The summed E-state index contributed by atoms with van der Waals surface area (Å²) in [7, 11) is 1.49. The number of methoxy groups -OCH3 is 1. The Hall–Kier alpha value is -3.22. The van der Waals surface area contributed by atoms with Crippen LogP contribution in [0.4, 0.5) is 0 Å². The van der Waals surface area contributed by atoms with Crippen molar-refractivity contribution in [3.8, 4) is 11.5 Å². The highest BCUT2D eigenvalue weighted by Crippen LogP contribution is 2.22. The monoisotopic (exact) mass is 444 g/mol. The van der Waals surface area contributed by atoms with Gasteiger partial charge in [0.25, 0.3) is 0 Å². The molecule has 8 heteroatoms. The van der Waals surface area contributed by atoms with Crippen molar-refractivity contribution in [1.82, 2.24) is 0 Å². The third kappa shape index (κ3) is 5.65. The zero-order valence-corrected chi connectivity index (χ0v) is 17.5. The minimum atomic E-state index is -0.660. The molecule has 3 aromatic rings. The number of ether oxygens (including phenoxy) is 2. The third-order valence-electron chi connectivity index (χ3n) is 4.05. The van der Waals surface area contributed by atoms with Crippen LogP contribution in [-0.4, -0.2) is 18.9 Å². The molecule has 0 aliphatic carbocycles. The lowest BCUT2D eigenvalue weighted by Gasteiger charge is -2.08. The van der Waals surface area contributed by atoms with Gasteiger partial charge in [-0.2, -0.15) is 0 Å². The molecule has 0 radical (unpaired) electrons. The molecule has 0 atom stereocenters. The lowest BCUT2D eigenvalue weighted by atomic mass is 10.1. The molecule has 0 spiro atoms. The summed E-state index contributed by atoms with van der Waals surface area (Å²) >= 11 is 11.8. The zero-order chi connectivity index (χ0) is 21.5. The number of oxime groups is 1. The van der Waals surface area contributed by atoms with Gasteiger partial charge in [0.2, 0.25) is 0 Å². The van der Waals surface area contributed by atoms with E-state index < -0.39 is 5.97 Å². The largest absolute Gasteiger partial charge is 0.496 e. The molecule has 0 amide bonds. The summed E-state index contributed by atoms with van der Waals surface area (Å²) in [6, 6.07) is 18.7. The van der Waals surface area contributed by atoms with Crippen molar-refractivity contribution in [3.63, 3.8) is 0 Å². The highest BCUT2D eigenvalue weighted by Gasteiger charge is 2.12. The van der Waals surface area contributed by atoms with E-state index >= 15 is 0 Å². The third-order valence-corrected chi connectivity index (χ3v) is 4.53. The minimum absolute atomic E-state index is 0.0371. The molecule has 0 aromatic heterocycles. The molecule has 30 heavy (non-hydrogen) atoms. The van der Waals surface area contributed by atoms with Crippen LogP contribution in [0, 0.1) is 0 Å². The van der Waals surface area contributed by atoms with E-state index in [1.807, 2.05) is 6.07 Å². The van der Waals surface area contributed by atoms with Gasteiger partial charge in [0.05, 0.1) is 18.2 Å². The van der Waals surface area contributed by atoms with Gasteiger partial charge < -0.3 is 20.0 Å². The van der Waals surface area contributed by atoms with Gasteiger partial charge >= 0.3 is 5.97 Å². The highest BCUT2D eigenvalue weighted by atomic mass is 35.5. The van der Waals surface area contributed by atoms with Gasteiger partial charge in [0.1, 0.15) is 18.1 Å². The van der Waals surface area contributed by atoms with Crippen molar-refractivity contribution in [1.29, 1.82) is 0 Å². The molecule has 0 fully saturated rings. The Balaban J connectivity index is 1.67. The molecule has 0 aliphatic heterocycles. The average molecular weight is 445 g/mol. The Kier molecular flexibility index (Phi) is 7.17. The molecule has 3 aromatic carbocycles. The van der Waals surface area contributed by atoms with Crippen LogP contribution in [0.15, 0.2) is 71.9 Å². The summed E-state index contributed by atoms with van der Waals surface area (Å²) in [5.41, 5.74) is 7.44. The molecule has 6 nitrogen and oxygen atoms in total. The van der Waals surface area contributed by atoms with Crippen LogP contribution in [0.3, 0.4) is 0 Å². The molecular weight excluding hydrogens is 427 g/mol. The number of rotatable bonds is 7. The van der Waals surface area contributed by atoms with Crippen LogP contribution in [0.2, 0.25) is 10.0 Å². The first kappa shape index (κ1) is 21.5. The van der Waals surface area contributed by atoms with E-state index in [1.54, 1.807) is 60.7 Å². The quantitative estimate of drug-likeness (QED) is 0.238. The molecule has 2 N–H and O–H groups in total. The summed E-state index contributed by atoms with van der Waals surface area (Å²) < 4.78 is 10.9. The highest BCUT2D eigenvalue weighted by molar-refractivity contribution is 6.31. The molecule has 154 valence electrons. The van der Waals surface area contributed by atoms with Gasteiger partial charge in [-0.15, -0.1) is 0 Å². The first-order chi connectivity index (χ1) is 14.5. The number of hydrogen-bond donors (Lipinski definition) is 1. The van der Waals surface area contributed by atoms with E-state index in [1.165, 1.54) is 7.11 Å². The lowest BCUT2D eigenvalue weighted by Crippen LogP contribution is -2.16. The predicted octanol–water partition coefficient (Wildman–Crippen LogP) is 5.06. The molecule has 0 saturated heterocycles. The first-order valence-electron chi connectivity index (χ1n) is 8.82. The Morgan fingerprint density at radius 2 is 1.73 bits per heavy atom. The predicted molar refractivity (Wildman–Crippen MR) is 116 cm³/mol. The average Bonchev–Trinajstić information content (AvgIpc) is 2.77. The number of halogens is 2. The van der Waals surface area contributed by atoms with Crippen LogP contribution in [-0.2, 0) is 11.4 Å². The maximum atomic E-state index is 12.4. The molecule has 0 unspecified atom stereocenters. The van der Waals surface area contributed by atoms with Gasteiger partial charge in [0.15, 0.2) is 5.84 Å². The van der Waals surface area contributed by atoms with Gasteiger partial charge in [-0.25, -0.2) is 4.79 Å². The second kappa shape index (κ2) is 10.0. The van der Waals surface area contributed by atoms with Crippen molar-refractivity contribution < 1.29 is 19.1 Å². The smallest absolute Gasteiger partial charge is 0.365 e. The minimum Gasteiger partial charge on any atom is -0.496 e. The van der Waals surface area contributed by atoms with Gasteiger partial charge in [0, 0.05) is 10.0 Å². The van der Waals surface area contributed by atoms with Crippen LogP contribution in [0.25, 0.3) is 0 Å². The molecule has 0 heterocycles. The van der Waals surface area contributed by atoms with Crippen molar-refractivity contribution in [2.24, 2.45) is 10.9 Å². The fraction of sp³-hybridized carbons (Fsp3) is 0.0909. The second-order valence-electron chi connectivity index (χ2n) is 6.14.